The van der Waals surface area contributed by atoms with Gasteiger partial charge in [-0.05, 0) is 72.3 Å². The molecule has 0 aromatic carbocycles. The molecule has 220 valence electrons. The third kappa shape index (κ3) is 7.17. The van der Waals surface area contributed by atoms with Crippen molar-refractivity contribution in [3.8, 4) is 11.8 Å². The van der Waals surface area contributed by atoms with Gasteiger partial charge in [0, 0.05) is 56.4 Å². The molecule has 0 spiro atoms. The molecule has 0 bridgehead atoms. The minimum absolute atomic E-state index is 0.0630. The predicted molar refractivity (Wildman–Crippen MR) is 164 cm³/mol. The average molecular weight is 580 g/mol. The quantitative estimate of drug-likeness (QED) is 0.183. The van der Waals surface area contributed by atoms with E-state index in [0.717, 1.165) is 36.2 Å². The number of rotatable bonds is 4. The molecule has 0 unspecified atom stereocenters. The maximum Gasteiger partial charge on any atom is 0.410 e. The van der Waals surface area contributed by atoms with Crippen LogP contribution >= 0.6 is 11.3 Å². The van der Waals surface area contributed by atoms with Crippen LogP contribution in [0, 0.1) is 11.8 Å². The molecule has 2 aromatic rings. The zero-order valence-corrected chi connectivity index (χ0v) is 26.0. The van der Waals surface area contributed by atoms with Crippen LogP contribution in [0.1, 0.15) is 74.8 Å². The Balaban J connectivity index is 1.53. The largest absolute Gasteiger partial charge is 0.444 e. The number of thiophene rings is 1. The molecule has 2 atom stereocenters. The number of aromatic nitrogens is 2. The van der Waals surface area contributed by atoms with Crippen molar-refractivity contribution in [1.29, 1.82) is 0 Å². The summed E-state index contributed by atoms with van der Waals surface area (Å²) in [5, 5.41) is 0.780. The number of ether oxygens (including phenoxy) is 1. The van der Waals surface area contributed by atoms with E-state index in [1.807, 2.05) is 51.6 Å². The summed E-state index contributed by atoms with van der Waals surface area (Å²) >= 11 is 1.60. The van der Waals surface area contributed by atoms with Gasteiger partial charge in [0.05, 0.1) is 17.4 Å². The van der Waals surface area contributed by atoms with Gasteiger partial charge in [-0.1, -0.05) is 5.92 Å². The third-order valence-corrected chi connectivity index (χ3v) is 8.29. The molecule has 41 heavy (non-hydrogen) atoms. The van der Waals surface area contributed by atoms with Gasteiger partial charge >= 0.3 is 6.09 Å². The first-order valence-corrected chi connectivity index (χ1v) is 14.9. The zero-order valence-electron chi connectivity index (χ0n) is 25.2. The normalized spacial score (nSPS) is 21.1. The molecule has 10 nitrogen and oxygen atoms in total. The lowest BCUT2D eigenvalue weighted by molar-refractivity contribution is 0.0251. The van der Waals surface area contributed by atoms with Gasteiger partial charge in [-0.15, -0.1) is 11.3 Å². The van der Waals surface area contributed by atoms with E-state index in [4.69, 9.17) is 10.5 Å². The Morgan fingerprint density at radius 3 is 2.76 bits per heavy atom. The Bertz CT molecular complexity index is 1380. The number of aryl methyl sites for hydroxylation is 1. The number of carbonyl (C=O) groups excluding carboxylic acids is 2. The summed E-state index contributed by atoms with van der Waals surface area (Å²) in [6.07, 6.45) is 6.45. The van der Waals surface area contributed by atoms with E-state index >= 15 is 0 Å². The predicted octanol–water partition coefficient (Wildman–Crippen LogP) is 4.66. The van der Waals surface area contributed by atoms with Gasteiger partial charge in [-0.3, -0.25) is 4.79 Å². The average Bonchev–Trinajstić information content (AvgIpc) is 3.09. The minimum Gasteiger partial charge on any atom is -0.444 e. The molecule has 1 fully saturated rings. The molecule has 0 radical (unpaired) electrons. The number of nitrogens with zero attached hydrogens (tertiary/aromatic N) is 6. The van der Waals surface area contributed by atoms with Crippen LogP contribution in [0.2, 0.25) is 0 Å². The van der Waals surface area contributed by atoms with Gasteiger partial charge < -0.3 is 25.2 Å². The molecular formula is C30H41N7O3S. The van der Waals surface area contributed by atoms with E-state index < -0.39 is 11.0 Å². The van der Waals surface area contributed by atoms with Crippen molar-refractivity contribution in [2.75, 3.05) is 44.4 Å². The highest BCUT2D eigenvalue weighted by Crippen LogP contribution is 2.49. The topological polar surface area (TPSA) is 117 Å². The maximum atomic E-state index is 13.3. The van der Waals surface area contributed by atoms with Crippen LogP contribution in [-0.2, 0) is 16.6 Å². The van der Waals surface area contributed by atoms with Crippen molar-refractivity contribution >= 4 is 46.2 Å². The molecule has 2 aromatic heterocycles. The van der Waals surface area contributed by atoms with Gasteiger partial charge in [0.15, 0.2) is 0 Å². The number of ketones is 1. The number of Topliss-reactive ketones (excluding diaryl/α,β-unsaturated/α-hetero) is 1. The maximum absolute atomic E-state index is 13.3. The minimum atomic E-state index is -0.557. The van der Waals surface area contributed by atoms with Crippen LogP contribution in [0.4, 0.5) is 21.4 Å². The number of nitrogen functional groups attached to an aromatic ring is 1. The molecule has 1 aliphatic heterocycles. The van der Waals surface area contributed by atoms with E-state index in [-0.39, 0.29) is 23.6 Å². The van der Waals surface area contributed by atoms with Crippen molar-refractivity contribution in [1.82, 2.24) is 19.8 Å². The lowest BCUT2D eigenvalue weighted by Gasteiger charge is -2.30. The Morgan fingerprint density at radius 1 is 1.29 bits per heavy atom. The van der Waals surface area contributed by atoms with Crippen LogP contribution in [0.5, 0.6) is 0 Å². The second kappa shape index (κ2) is 12.1. The second-order valence-electron chi connectivity index (χ2n) is 12.2. The molecular weight excluding hydrogens is 538 g/mol. The van der Waals surface area contributed by atoms with Gasteiger partial charge in [-0.2, -0.15) is 0 Å². The number of amides is 1. The molecule has 0 saturated carbocycles. The van der Waals surface area contributed by atoms with Crippen LogP contribution in [0.3, 0.4) is 0 Å². The smallest absolute Gasteiger partial charge is 0.410 e. The van der Waals surface area contributed by atoms with Crippen molar-refractivity contribution in [2.45, 2.75) is 77.4 Å². The Morgan fingerprint density at radius 2 is 2.05 bits per heavy atom. The fourth-order valence-electron chi connectivity index (χ4n) is 5.20. The van der Waals surface area contributed by atoms with E-state index in [0.29, 0.717) is 31.3 Å². The van der Waals surface area contributed by atoms with E-state index in [9.17, 15) is 9.59 Å². The first-order valence-electron chi connectivity index (χ1n) is 14.0. The first-order chi connectivity index (χ1) is 19.3. The van der Waals surface area contributed by atoms with Gasteiger partial charge in [0.1, 0.15) is 16.3 Å². The van der Waals surface area contributed by atoms with Crippen LogP contribution < -0.4 is 10.6 Å². The molecule has 11 heteroatoms. The summed E-state index contributed by atoms with van der Waals surface area (Å²) in [5.74, 6) is 6.22. The van der Waals surface area contributed by atoms with Crippen molar-refractivity contribution in [3.63, 3.8) is 0 Å². The van der Waals surface area contributed by atoms with Gasteiger partial charge in [0.2, 0.25) is 5.95 Å². The SMILES string of the molecule is C[C@H]1CN(C(=O)OC(C)(C)C)CCCN1c1nccc(C(=O)C#C[C@@]2(C)CCCc3sc(N=CN(C)C)c(N)c32)n1. The summed E-state index contributed by atoms with van der Waals surface area (Å²) in [6, 6.07) is 1.53. The fourth-order valence-corrected chi connectivity index (χ4v) is 6.43. The Kier molecular flexibility index (Phi) is 8.92. The van der Waals surface area contributed by atoms with E-state index in [1.165, 1.54) is 4.88 Å². The summed E-state index contributed by atoms with van der Waals surface area (Å²) in [7, 11) is 3.83. The van der Waals surface area contributed by atoms with Crippen molar-refractivity contribution in [3.05, 3.63) is 28.4 Å². The fraction of sp³-hybridized carbons (Fsp3) is 0.567. The monoisotopic (exact) mass is 579 g/mol. The van der Waals surface area contributed by atoms with Crippen LogP contribution in [0.25, 0.3) is 0 Å². The van der Waals surface area contributed by atoms with E-state index in [1.54, 1.807) is 34.8 Å². The summed E-state index contributed by atoms with van der Waals surface area (Å²) < 4.78 is 5.57. The Labute approximate surface area is 247 Å². The van der Waals surface area contributed by atoms with Crippen molar-refractivity contribution in [2.24, 2.45) is 4.99 Å². The summed E-state index contributed by atoms with van der Waals surface area (Å²) in [4.78, 5) is 46.3. The van der Waals surface area contributed by atoms with Crippen molar-refractivity contribution < 1.29 is 14.3 Å². The second-order valence-corrected chi connectivity index (χ2v) is 13.2. The highest BCUT2D eigenvalue weighted by Gasteiger charge is 2.36. The van der Waals surface area contributed by atoms with E-state index in [2.05, 4.69) is 33.7 Å². The highest BCUT2D eigenvalue weighted by molar-refractivity contribution is 7.16. The molecule has 1 amide bonds. The summed E-state index contributed by atoms with van der Waals surface area (Å²) in [5.41, 5.74) is 7.34. The molecule has 3 heterocycles. The summed E-state index contributed by atoms with van der Waals surface area (Å²) in [6.45, 7) is 11.4. The molecule has 2 N–H and O–H groups in total. The van der Waals surface area contributed by atoms with Crippen LogP contribution in [-0.4, -0.2) is 83.4 Å². The number of hydrogen-bond acceptors (Lipinski definition) is 9. The number of fused-ring (bicyclic) bond motifs is 1. The lowest BCUT2D eigenvalue weighted by Crippen LogP contribution is -2.43. The number of hydrogen-bond donors (Lipinski definition) is 1. The molecule has 1 saturated heterocycles. The van der Waals surface area contributed by atoms with Gasteiger partial charge in [0.25, 0.3) is 5.78 Å². The number of carbonyl (C=O) groups is 2. The third-order valence-electron chi connectivity index (χ3n) is 7.12. The van der Waals surface area contributed by atoms with Gasteiger partial charge in [-0.25, -0.2) is 19.8 Å². The number of aliphatic imine (C=N–C) groups is 1. The molecule has 1 aliphatic carbocycles. The number of anilines is 2. The highest BCUT2D eigenvalue weighted by atomic mass is 32.1. The lowest BCUT2D eigenvalue weighted by atomic mass is 9.74. The Hall–Kier alpha value is -3.65. The first kappa shape index (κ1) is 30.3. The standard InChI is InChI=1S/C30H41N7O3S/c1-20-18-36(28(39)40-29(2,3)4)16-9-17-37(20)27-32-15-12-21(34-27)22(38)11-14-30(5)13-8-10-23-24(30)25(31)26(41-23)33-19-35(6)7/h12,15,19-20H,8-10,13,16-18,31H2,1-7H3/t20-,30+/m0/s1. The zero-order chi connectivity index (χ0) is 29.9. The van der Waals surface area contributed by atoms with Crippen LogP contribution in [0.15, 0.2) is 17.3 Å². The number of nitrogens with two attached hydrogens (primary N) is 1. The molecule has 2 aliphatic rings. The molecule has 4 rings (SSSR count).